The molecule has 0 bridgehead atoms. The Morgan fingerprint density at radius 3 is 2.77 bits per heavy atom. The van der Waals surface area contributed by atoms with Crippen molar-refractivity contribution in [1.82, 2.24) is 9.99 Å². The topological polar surface area (TPSA) is 83.7 Å². The quantitative estimate of drug-likeness (QED) is 0.559. The lowest BCUT2D eigenvalue weighted by molar-refractivity contribution is 0.0950. The van der Waals surface area contributed by atoms with Gasteiger partial charge in [0.2, 0.25) is 0 Å². The predicted molar refractivity (Wildman–Crippen MR) is 97.0 cm³/mol. The molecule has 0 aliphatic carbocycles. The summed E-state index contributed by atoms with van der Waals surface area (Å²) in [5.41, 5.74) is 2.19. The van der Waals surface area contributed by atoms with Crippen molar-refractivity contribution in [2.24, 2.45) is 5.10 Å². The Balaban J connectivity index is 1.97. The average Bonchev–Trinajstić information content (AvgIpc) is 2.62. The molecule has 0 saturated carbocycles. The fourth-order valence-corrected chi connectivity index (χ4v) is 2.72. The molecule has 2 N–H and O–H groups in total. The second-order valence-corrected chi connectivity index (χ2v) is 5.54. The highest BCUT2D eigenvalue weighted by Gasteiger charge is 2.21. The molecule has 26 heavy (non-hydrogen) atoms. The van der Waals surface area contributed by atoms with Crippen molar-refractivity contribution in [3.63, 3.8) is 0 Å². The number of hydrazone groups is 1. The summed E-state index contributed by atoms with van der Waals surface area (Å²) in [6.45, 7) is 2.11. The zero-order valence-electron chi connectivity index (χ0n) is 13.9. The van der Waals surface area contributed by atoms with Crippen LogP contribution in [0.25, 0.3) is 10.9 Å². The van der Waals surface area contributed by atoms with E-state index < -0.39 is 23.0 Å². The van der Waals surface area contributed by atoms with Crippen LogP contribution < -0.4 is 11.0 Å². The van der Waals surface area contributed by atoms with Gasteiger partial charge in [-0.1, -0.05) is 24.3 Å². The number of benzene rings is 2. The van der Waals surface area contributed by atoms with Crippen LogP contribution in [-0.2, 0) is 6.54 Å². The number of hydrogen-bond acceptors (Lipinski definition) is 4. The Bertz CT molecular complexity index is 1070. The monoisotopic (exact) mass is 353 g/mol. The third-order valence-electron chi connectivity index (χ3n) is 3.92. The smallest absolute Gasteiger partial charge is 0.280 e. The molecule has 3 aromatic rings. The fraction of sp³-hybridized carbons (Fsp3) is 0.105. The van der Waals surface area contributed by atoms with E-state index in [-0.39, 0.29) is 5.56 Å². The summed E-state index contributed by atoms with van der Waals surface area (Å²) < 4.78 is 14.5. The summed E-state index contributed by atoms with van der Waals surface area (Å²) in [6, 6.07) is 12.4. The first-order valence-electron chi connectivity index (χ1n) is 7.96. The summed E-state index contributed by atoms with van der Waals surface area (Å²) >= 11 is 0. The number of halogens is 1. The Labute approximate surface area is 148 Å². The van der Waals surface area contributed by atoms with Gasteiger partial charge in [0.15, 0.2) is 0 Å². The van der Waals surface area contributed by atoms with Gasteiger partial charge < -0.3 is 9.67 Å². The molecule has 2 aromatic carbocycles. The molecule has 6 nitrogen and oxygen atoms in total. The number of fused-ring (bicyclic) bond motifs is 1. The molecule has 1 amide bonds. The number of aromatic hydroxyl groups is 1. The molecule has 0 saturated heterocycles. The summed E-state index contributed by atoms with van der Waals surface area (Å²) in [5.74, 6) is -1.67. The van der Waals surface area contributed by atoms with E-state index in [1.54, 1.807) is 37.3 Å². The number of nitrogens with zero attached hydrogens (tertiary/aromatic N) is 2. The van der Waals surface area contributed by atoms with Crippen LogP contribution in [-0.4, -0.2) is 21.8 Å². The van der Waals surface area contributed by atoms with E-state index in [1.165, 1.54) is 29.0 Å². The lowest BCUT2D eigenvalue weighted by Crippen LogP contribution is -2.31. The van der Waals surface area contributed by atoms with E-state index >= 15 is 0 Å². The number of para-hydroxylation sites is 1. The van der Waals surface area contributed by atoms with Crippen molar-refractivity contribution in [3.05, 3.63) is 75.8 Å². The van der Waals surface area contributed by atoms with Gasteiger partial charge in [-0.05, 0) is 36.8 Å². The Morgan fingerprint density at radius 1 is 1.27 bits per heavy atom. The van der Waals surface area contributed by atoms with Gasteiger partial charge in [0, 0.05) is 11.9 Å². The van der Waals surface area contributed by atoms with Crippen LogP contribution in [0.4, 0.5) is 4.39 Å². The second-order valence-electron chi connectivity index (χ2n) is 5.54. The molecule has 0 aliphatic heterocycles. The number of carbonyl (C=O) groups is 1. The van der Waals surface area contributed by atoms with Crippen LogP contribution in [0.15, 0.2) is 58.4 Å². The van der Waals surface area contributed by atoms with Gasteiger partial charge in [-0.15, -0.1) is 0 Å². The molecule has 7 heteroatoms. The SMILES string of the molecule is CCn1c(=O)c(C(=O)NN=Cc2cccc(F)c2)c(O)c2ccccc21. The molecule has 1 heterocycles. The van der Waals surface area contributed by atoms with E-state index in [2.05, 4.69) is 10.5 Å². The number of carbonyl (C=O) groups excluding carboxylic acids is 1. The van der Waals surface area contributed by atoms with E-state index in [0.717, 1.165) is 0 Å². The lowest BCUT2D eigenvalue weighted by Gasteiger charge is -2.12. The van der Waals surface area contributed by atoms with Gasteiger partial charge in [0.1, 0.15) is 17.1 Å². The van der Waals surface area contributed by atoms with Crippen LogP contribution in [0.1, 0.15) is 22.8 Å². The summed E-state index contributed by atoms with van der Waals surface area (Å²) in [4.78, 5) is 25.0. The standard InChI is InChI=1S/C19H16FN3O3/c1-2-23-15-9-4-3-8-14(15)17(24)16(19(23)26)18(25)22-21-11-12-6-5-7-13(20)10-12/h3-11,24H,2H2,1H3,(H,22,25). The van der Waals surface area contributed by atoms with Gasteiger partial charge in [0.25, 0.3) is 11.5 Å². The molecule has 1 aromatic heterocycles. The highest BCUT2D eigenvalue weighted by Crippen LogP contribution is 2.26. The third-order valence-corrected chi connectivity index (χ3v) is 3.92. The number of rotatable bonds is 4. The molecule has 0 radical (unpaired) electrons. The predicted octanol–water partition coefficient (Wildman–Crippen LogP) is 2.63. The molecule has 0 fully saturated rings. The van der Waals surface area contributed by atoms with Gasteiger partial charge in [-0.2, -0.15) is 5.10 Å². The van der Waals surface area contributed by atoms with Gasteiger partial charge in [-0.25, -0.2) is 9.82 Å². The van der Waals surface area contributed by atoms with Crippen molar-refractivity contribution >= 4 is 23.0 Å². The fourth-order valence-electron chi connectivity index (χ4n) is 2.72. The maximum Gasteiger partial charge on any atom is 0.280 e. The number of nitrogens with one attached hydrogen (secondary N) is 1. The van der Waals surface area contributed by atoms with Crippen LogP contribution in [0, 0.1) is 5.82 Å². The van der Waals surface area contributed by atoms with E-state index in [1.807, 2.05) is 0 Å². The molecule has 3 rings (SSSR count). The average molecular weight is 353 g/mol. The minimum absolute atomic E-state index is 0.340. The first kappa shape index (κ1) is 17.3. The Morgan fingerprint density at radius 2 is 2.04 bits per heavy atom. The highest BCUT2D eigenvalue weighted by atomic mass is 19.1. The Hall–Kier alpha value is -3.48. The summed E-state index contributed by atoms with van der Waals surface area (Å²) in [6.07, 6.45) is 1.25. The number of aryl methyl sites for hydroxylation is 1. The first-order valence-corrected chi connectivity index (χ1v) is 7.96. The molecule has 132 valence electrons. The Kier molecular flexibility index (Phi) is 4.79. The van der Waals surface area contributed by atoms with Crippen LogP contribution in [0.3, 0.4) is 0 Å². The maximum atomic E-state index is 13.1. The zero-order chi connectivity index (χ0) is 18.7. The molecule has 0 spiro atoms. The van der Waals surface area contributed by atoms with Gasteiger partial charge >= 0.3 is 0 Å². The van der Waals surface area contributed by atoms with Crippen molar-refractivity contribution in [2.45, 2.75) is 13.5 Å². The number of pyridine rings is 1. The van der Waals surface area contributed by atoms with Crippen molar-refractivity contribution in [3.8, 4) is 5.75 Å². The lowest BCUT2D eigenvalue weighted by atomic mass is 10.1. The largest absolute Gasteiger partial charge is 0.506 e. The number of amides is 1. The van der Waals surface area contributed by atoms with E-state index in [9.17, 15) is 19.1 Å². The minimum Gasteiger partial charge on any atom is -0.506 e. The van der Waals surface area contributed by atoms with Crippen molar-refractivity contribution in [1.29, 1.82) is 0 Å². The van der Waals surface area contributed by atoms with Crippen molar-refractivity contribution < 1.29 is 14.3 Å². The second kappa shape index (κ2) is 7.18. The molecular formula is C19H16FN3O3. The van der Waals surface area contributed by atoms with E-state index in [4.69, 9.17) is 0 Å². The maximum absolute atomic E-state index is 13.1. The number of aromatic nitrogens is 1. The molecular weight excluding hydrogens is 337 g/mol. The van der Waals surface area contributed by atoms with Gasteiger partial charge in [-0.3, -0.25) is 9.59 Å². The summed E-state index contributed by atoms with van der Waals surface area (Å²) in [7, 11) is 0. The van der Waals surface area contributed by atoms with E-state index in [0.29, 0.717) is 23.0 Å². The zero-order valence-corrected chi connectivity index (χ0v) is 13.9. The molecule has 0 unspecified atom stereocenters. The number of hydrogen-bond donors (Lipinski definition) is 2. The molecule has 0 aliphatic rings. The first-order chi connectivity index (χ1) is 12.5. The normalized spacial score (nSPS) is 11.2. The van der Waals surface area contributed by atoms with Crippen LogP contribution in [0.2, 0.25) is 0 Å². The van der Waals surface area contributed by atoms with Crippen molar-refractivity contribution in [2.75, 3.05) is 0 Å². The van der Waals surface area contributed by atoms with Gasteiger partial charge in [0.05, 0.1) is 11.7 Å². The highest BCUT2D eigenvalue weighted by molar-refractivity contribution is 6.02. The minimum atomic E-state index is -0.840. The van der Waals surface area contributed by atoms with Crippen LogP contribution >= 0.6 is 0 Å². The summed E-state index contributed by atoms with van der Waals surface area (Å²) in [5, 5.41) is 14.5. The molecule has 0 atom stereocenters. The van der Waals surface area contributed by atoms with Crippen LogP contribution in [0.5, 0.6) is 5.75 Å². The third kappa shape index (κ3) is 3.19.